The Labute approximate surface area is 203 Å². The third-order valence-corrected chi connectivity index (χ3v) is 7.55. The highest BCUT2D eigenvalue weighted by Crippen LogP contribution is 2.40. The average molecular weight is 466 g/mol. The molecule has 2 aromatic carbocycles. The number of hydrogen-bond acceptors (Lipinski definition) is 5. The molecule has 1 unspecified atom stereocenters. The average Bonchev–Trinajstić information content (AvgIpc) is 2.85. The highest BCUT2D eigenvalue weighted by Gasteiger charge is 2.35. The molecule has 3 atom stereocenters. The summed E-state index contributed by atoms with van der Waals surface area (Å²) >= 11 is 0. The molecule has 1 saturated heterocycles. The molecule has 4 N–H and O–H groups in total. The lowest BCUT2D eigenvalue weighted by atomic mass is 9.83. The smallest absolute Gasteiger partial charge is 0.251 e. The number of carbonyl (C=O) groups is 1. The van der Waals surface area contributed by atoms with Gasteiger partial charge in [0.2, 0.25) is 0 Å². The van der Waals surface area contributed by atoms with Crippen molar-refractivity contribution in [2.24, 2.45) is 11.7 Å². The number of rotatable bonds is 7. The third-order valence-electron chi connectivity index (χ3n) is 7.55. The van der Waals surface area contributed by atoms with E-state index in [4.69, 9.17) is 10.5 Å². The molecule has 2 aliphatic rings. The molecule has 6 heteroatoms. The summed E-state index contributed by atoms with van der Waals surface area (Å²) in [6.07, 6.45) is 3.80. The number of carbonyl (C=O) groups excluding carboxylic acids is 1. The Hall–Kier alpha value is -2.41. The quantitative estimate of drug-likeness (QED) is 0.578. The summed E-state index contributed by atoms with van der Waals surface area (Å²) in [6, 6.07) is 11.8. The molecule has 1 amide bonds. The molecule has 34 heavy (non-hydrogen) atoms. The van der Waals surface area contributed by atoms with Crippen molar-refractivity contribution in [3.63, 3.8) is 0 Å². The monoisotopic (exact) mass is 465 g/mol. The fourth-order valence-corrected chi connectivity index (χ4v) is 5.29. The van der Waals surface area contributed by atoms with Gasteiger partial charge in [-0.15, -0.1) is 0 Å². The second-order valence-corrected chi connectivity index (χ2v) is 10.1. The molecule has 2 aliphatic heterocycles. The second-order valence-electron chi connectivity index (χ2n) is 10.1. The van der Waals surface area contributed by atoms with Gasteiger partial charge in [-0.3, -0.25) is 4.79 Å². The lowest BCUT2D eigenvalue weighted by Gasteiger charge is -2.40. The number of benzene rings is 2. The molecule has 0 saturated carbocycles. The molecule has 0 bridgehead atoms. The minimum Gasteiger partial charge on any atom is -0.507 e. The maximum Gasteiger partial charge on any atom is 0.251 e. The first kappa shape index (κ1) is 24.7. The maximum atomic E-state index is 12.5. The van der Waals surface area contributed by atoms with Crippen LogP contribution >= 0.6 is 0 Å². The van der Waals surface area contributed by atoms with Crippen molar-refractivity contribution in [2.45, 2.75) is 64.7 Å². The summed E-state index contributed by atoms with van der Waals surface area (Å²) in [5, 5.41) is 13.8. The van der Waals surface area contributed by atoms with E-state index >= 15 is 0 Å². The first-order valence-corrected chi connectivity index (χ1v) is 12.6. The minimum absolute atomic E-state index is 0.00566. The Morgan fingerprint density at radius 1 is 1.18 bits per heavy atom. The number of aromatic hydroxyl groups is 1. The SMILES string of the molecule is Cc1ccc(C(=O)NC(C)CCN2CCC([C@@H]3Cc4c(ccc(C)c4O)[C@H](CN)O3)CC2)cc1. The van der Waals surface area contributed by atoms with E-state index < -0.39 is 0 Å². The molecule has 0 radical (unpaired) electrons. The number of amides is 1. The largest absolute Gasteiger partial charge is 0.507 e. The molecule has 2 aromatic rings. The van der Waals surface area contributed by atoms with Crippen LogP contribution in [0.15, 0.2) is 36.4 Å². The van der Waals surface area contributed by atoms with Gasteiger partial charge in [0.15, 0.2) is 0 Å². The number of nitrogens with two attached hydrogens (primary N) is 1. The molecular weight excluding hydrogens is 426 g/mol. The molecule has 0 aromatic heterocycles. The number of hydrogen-bond donors (Lipinski definition) is 3. The van der Waals surface area contributed by atoms with Gasteiger partial charge in [0.25, 0.3) is 5.91 Å². The van der Waals surface area contributed by atoms with Gasteiger partial charge in [0, 0.05) is 36.7 Å². The summed E-state index contributed by atoms with van der Waals surface area (Å²) in [5.74, 6) is 0.870. The summed E-state index contributed by atoms with van der Waals surface area (Å²) in [5.41, 5.74) is 10.9. The first-order chi connectivity index (χ1) is 16.4. The summed E-state index contributed by atoms with van der Waals surface area (Å²) < 4.78 is 6.42. The number of aryl methyl sites for hydroxylation is 2. The summed E-state index contributed by atoms with van der Waals surface area (Å²) in [4.78, 5) is 14.9. The van der Waals surface area contributed by atoms with Gasteiger partial charge in [0.05, 0.1) is 12.2 Å². The van der Waals surface area contributed by atoms with Crippen molar-refractivity contribution in [1.29, 1.82) is 0 Å². The standard InChI is InChI=1S/C28H39N3O3/c1-18-4-7-22(8-5-18)28(33)30-20(3)10-13-31-14-11-21(12-15-31)25-16-24-23(26(17-29)34-25)9-6-19(2)27(24)32/h4-9,20-21,25-26,32H,10-17,29H2,1-3H3,(H,30,33)/t20?,25-,26-/m0/s1. The van der Waals surface area contributed by atoms with Crippen molar-refractivity contribution in [1.82, 2.24) is 10.2 Å². The number of nitrogens with zero attached hydrogens (tertiary/aromatic N) is 1. The molecular formula is C28H39N3O3. The summed E-state index contributed by atoms with van der Waals surface area (Å²) in [7, 11) is 0. The van der Waals surface area contributed by atoms with E-state index in [0.29, 0.717) is 23.8 Å². The van der Waals surface area contributed by atoms with Crippen LogP contribution in [0, 0.1) is 19.8 Å². The Balaban J connectivity index is 1.25. The number of fused-ring (bicyclic) bond motifs is 1. The number of phenols is 1. The van der Waals surface area contributed by atoms with Crippen LogP contribution < -0.4 is 11.1 Å². The minimum atomic E-state index is -0.142. The molecule has 1 fully saturated rings. The van der Waals surface area contributed by atoms with Crippen LogP contribution in [0.25, 0.3) is 0 Å². The fraction of sp³-hybridized carbons (Fsp3) is 0.536. The maximum absolute atomic E-state index is 12.5. The molecule has 2 heterocycles. The zero-order valence-electron chi connectivity index (χ0n) is 20.7. The summed E-state index contributed by atoms with van der Waals surface area (Å²) in [6.45, 7) is 9.51. The molecule has 184 valence electrons. The van der Waals surface area contributed by atoms with Gasteiger partial charge in [-0.1, -0.05) is 29.8 Å². The zero-order valence-corrected chi connectivity index (χ0v) is 20.7. The van der Waals surface area contributed by atoms with Crippen LogP contribution in [-0.4, -0.2) is 54.2 Å². The van der Waals surface area contributed by atoms with Gasteiger partial charge in [-0.2, -0.15) is 0 Å². The van der Waals surface area contributed by atoms with Crippen molar-refractivity contribution < 1.29 is 14.6 Å². The van der Waals surface area contributed by atoms with Gasteiger partial charge < -0.3 is 25.8 Å². The van der Waals surface area contributed by atoms with Gasteiger partial charge >= 0.3 is 0 Å². The van der Waals surface area contributed by atoms with Crippen molar-refractivity contribution >= 4 is 5.91 Å². The van der Waals surface area contributed by atoms with Gasteiger partial charge in [-0.05, 0) is 82.3 Å². The fourth-order valence-electron chi connectivity index (χ4n) is 5.29. The number of phenolic OH excluding ortho intramolecular Hbond substituents is 1. The van der Waals surface area contributed by atoms with Crippen molar-refractivity contribution in [3.8, 4) is 5.75 Å². The van der Waals surface area contributed by atoms with E-state index in [1.807, 2.05) is 44.2 Å². The molecule has 6 nitrogen and oxygen atoms in total. The third kappa shape index (κ3) is 5.62. The lowest BCUT2D eigenvalue weighted by Crippen LogP contribution is -2.43. The molecule has 0 spiro atoms. The number of piperidine rings is 1. The predicted molar refractivity (Wildman–Crippen MR) is 135 cm³/mol. The van der Waals surface area contributed by atoms with Crippen LogP contribution in [0.2, 0.25) is 0 Å². The van der Waals surface area contributed by atoms with E-state index in [-0.39, 0.29) is 24.2 Å². The Morgan fingerprint density at radius 3 is 2.56 bits per heavy atom. The van der Waals surface area contributed by atoms with Gasteiger partial charge in [-0.25, -0.2) is 0 Å². The predicted octanol–water partition coefficient (Wildman–Crippen LogP) is 3.87. The Kier molecular flexibility index (Phi) is 7.91. The van der Waals surface area contributed by atoms with E-state index in [9.17, 15) is 9.90 Å². The lowest BCUT2D eigenvalue weighted by molar-refractivity contribution is -0.0647. The van der Waals surface area contributed by atoms with Crippen LogP contribution in [0.5, 0.6) is 5.75 Å². The van der Waals surface area contributed by atoms with Crippen LogP contribution in [0.3, 0.4) is 0 Å². The number of likely N-dealkylation sites (tertiary alicyclic amines) is 1. The molecule has 0 aliphatic carbocycles. The highest BCUT2D eigenvalue weighted by atomic mass is 16.5. The topological polar surface area (TPSA) is 87.8 Å². The van der Waals surface area contributed by atoms with Crippen molar-refractivity contribution in [3.05, 3.63) is 64.2 Å². The Morgan fingerprint density at radius 2 is 1.88 bits per heavy atom. The van der Waals surface area contributed by atoms with E-state index in [0.717, 1.165) is 67.6 Å². The van der Waals surface area contributed by atoms with Crippen LogP contribution in [-0.2, 0) is 11.2 Å². The van der Waals surface area contributed by atoms with E-state index in [1.54, 1.807) is 0 Å². The van der Waals surface area contributed by atoms with E-state index in [1.165, 1.54) is 0 Å². The second kappa shape index (κ2) is 10.9. The first-order valence-electron chi connectivity index (χ1n) is 12.6. The highest BCUT2D eigenvalue weighted by molar-refractivity contribution is 5.94. The normalized spacial score (nSPS) is 22.2. The van der Waals surface area contributed by atoms with Gasteiger partial charge in [0.1, 0.15) is 5.75 Å². The zero-order chi connectivity index (χ0) is 24.2. The Bertz CT molecular complexity index is 983. The molecule has 4 rings (SSSR count). The van der Waals surface area contributed by atoms with Crippen molar-refractivity contribution in [2.75, 3.05) is 26.2 Å². The van der Waals surface area contributed by atoms with Crippen LogP contribution in [0.4, 0.5) is 0 Å². The van der Waals surface area contributed by atoms with Crippen LogP contribution in [0.1, 0.15) is 64.9 Å². The number of ether oxygens (including phenoxy) is 1. The van der Waals surface area contributed by atoms with E-state index in [2.05, 4.69) is 23.2 Å². The number of nitrogens with one attached hydrogen (secondary N) is 1.